The smallest absolute Gasteiger partial charge is 0.263 e. The number of sulfonamides is 1. The van der Waals surface area contributed by atoms with Crippen molar-refractivity contribution in [1.29, 1.82) is 0 Å². The molecule has 0 atom stereocenters. The average molecular weight is 439 g/mol. The Morgan fingerprint density at radius 1 is 1.14 bits per heavy atom. The predicted molar refractivity (Wildman–Crippen MR) is 85.0 cm³/mol. The molecule has 0 spiro atoms. The van der Waals surface area contributed by atoms with Crippen LogP contribution < -0.4 is 4.72 Å². The highest BCUT2D eigenvalue weighted by Crippen LogP contribution is 2.27. The van der Waals surface area contributed by atoms with Crippen molar-refractivity contribution in [3.05, 3.63) is 56.7 Å². The molecule has 0 fully saturated rings. The number of anilines is 1. The zero-order valence-electron chi connectivity index (χ0n) is 10.5. The molecule has 0 unspecified atom stereocenters. The second-order valence-corrected chi connectivity index (χ2v) is 7.57. The summed E-state index contributed by atoms with van der Waals surface area (Å²) < 4.78 is 41.3. The Morgan fingerprint density at radius 2 is 1.86 bits per heavy atom. The van der Waals surface area contributed by atoms with Crippen LogP contribution in [0.25, 0.3) is 0 Å². The Morgan fingerprint density at radius 3 is 2.48 bits per heavy atom. The van der Waals surface area contributed by atoms with Crippen molar-refractivity contribution < 1.29 is 17.9 Å². The first-order chi connectivity index (χ1) is 9.83. The lowest BCUT2D eigenvalue weighted by atomic mass is 10.2. The highest BCUT2D eigenvalue weighted by molar-refractivity contribution is 9.10. The van der Waals surface area contributed by atoms with Crippen LogP contribution in [0.2, 0.25) is 0 Å². The van der Waals surface area contributed by atoms with Gasteiger partial charge in [-0.15, -0.1) is 0 Å². The first-order valence-corrected chi connectivity index (χ1v) is 8.77. The van der Waals surface area contributed by atoms with Gasteiger partial charge < -0.3 is 5.11 Å². The van der Waals surface area contributed by atoms with Crippen molar-refractivity contribution in [3.8, 4) is 0 Å². The molecule has 2 aromatic rings. The van der Waals surface area contributed by atoms with Crippen molar-refractivity contribution in [1.82, 2.24) is 0 Å². The fraction of sp³-hybridized carbons (Fsp3) is 0.0769. The van der Waals surface area contributed by atoms with Gasteiger partial charge in [0.25, 0.3) is 10.0 Å². The van der Waals surface area contributed by atoms with E-state index in [1.807, 2.05) is 0 Å². The maximum absolute atomic E-state index is 13.6. The molecule has 0 aromatic heterocycles. The molecule has 112 valence electrons. The van der Waals surface area contributed by atoms with Gasteiger partial charge in [0.1, 0.15) is 10.7 Å². The van der Waals surface area contributed by atoms with Gasteiger partial charge in [-0.05, 0) is 51.8 Å². The third-order valence-corrected chi connectivity index (χ3v) is 5.48. The molecule has 8 heteroatoms. The van der Waals surface area contributed by atoms with E-state index >= 15 is 0 Å². The molecule has 0 saturated heterocycles. The lowest BCUT2D eigenvalue weighted by Gasteiger charge is -2.11. The van der Waals surface area contributed by atoms with Gasteiger partial charge in [-0.2, -0.15) is 0 Å². The molecule has 0 bridgehead atoms. The number of nitrogens with one attached hydrogen (secondary N) is 1. The van der Waals surface area contributed by atoms with Crippen molar-refractivity contribution in [3.63, 3.8) is 0 Å². The number of halogens is 3. The van der Waals surface area contributed by atoms with E-state index in [0.717, 1.165) is 6.07 Å². The fourth-order valence-electron chi connectivity index (χ4n) is 1.64. The number of rotatable bonds is 4. The van der Waals surface area contributed by atoms with E-state index in [9.17, 15) is 12.8 Å². The lowest BCUT2D eigenvalue weighted by molar-refractivity contribution is 0.281. The van der Waals surface area contributed by atoms with E-state index in [1.54, 1.807) is 0 Å². The molecule has 4 nitrogen and oxygen atoms in total. The molecule has 0 radical (unpaired) electrons. The van der Waals surface area contributed by atoms with Crippen LogP contribution in [0.3, 0.4) is 0 Å². The molecule has 0 saturated carbocycles. The highest BCUT2D eigenvalue weighted by Gasteiger charge is 2.19. The number of benzene rings is 2. The van der Waals surface area contributed by atoms with Gasteiger partial charge >= 0.3 is 0 Å². The first-order valence-electron chi connectivity index (χ1n) is 5.70. The van der Waals surface area contributed by atoms with Crippen molar-refractivity contribution >= 4 is 47.6 Å². The van der Waals surface area contributed by atoms with Crippen LogP contribution in [-0.2, 0) is 16.6 Å². The first kappa shape index (κ1) is 16.4. The molecule has 0 aliphatic rings. The SMILES string of the molecule is O=S(=O)(Nc1cc(Br)ccc1F)c1ccc(CO)cc1Br. The van der Waals surface area contributed by atoms with Crippen LogP contribution >= 0.6 is 31.9 Å². The largest absolute Gasteiger partial charge is 0.392 e. The molecular formula is C13H10Br2FNO3S. The predicted octanol–water partition coefficient (Wildman–Crippen LogP) is 3.64. The van der Waals surface area contributed by atoms with Crippen LogP contribution in [0.4, 0.5) is 10.1 Å². The molecular weight excluding hydrogens is 429 g/mol. The normalized spacial score (nSPS) is 11.4. The highest BCUT2D eigenvalue weighted by atomic mass is 79.9. The second kappa shape index (κ2) is 6.43. The van der Waals surface area contributed by atoms with Crippen LogP contribution in [0, 0.1) is 5.82 Å². The minimum Gasteiger partial charge on any atom is -0.392 e. The summed E-state index contributed by atoms with van der Waals surface area (Å²) in [6.45, 7) is -0.202. The Kier molecular flexibility index (Phi) is 5.03. The van der Waals surface area contributed by atoms with E-state index in [2.05, 4.69) is 36.6 Å². The van der Waals surface area contributed by atoms with Crippen LogP contribution in [0.1, 0.15) is 5.56 Å². The van der Waals surface area contributed by atoms with E-state index in [1.165, 1.54) is 30.3 Å². The van der Waals surface area contributed by atoms with Gasteiger partial charge in [-0.3, -0.25) is 4.72 Å². The third-order valence-electron chi connectivity index (χ3n) is 2.64. The Bertz CT molecular complexity index is 781. The van der Waals surface area contributed by atoms with Gasteiger partial charge in [-0.25, -0.2) is 12.8 Å². The topological polar surface area (TPSA) is 66.4 Å². The Labute approximate surface area is 138 Å². The Balaban J connectivity index is 2.41. The van der Waals surface area contributed by atoms with Gasteiger partial charge in [0.05, 0.1) is 12.3 Å². The molecule has 0 amide bonds. The van der Waals surface area contributed by atoms with E-state index < -0.39 is 15.8 Å². The monoisotopic (exact) mass is 437 g/mol. The molecule has 21 heavy (non-hydrogen) atoms. The van der Waals surface area contributed by atoms with Gasteiger partial charge in [0.15, 0.2) is 0 Å². The average Bonchev–Trinajstić information content (AvgIpc) is 2.42. The number of hydrogen-bond donors (Lipinski definition) is 2. The zero-order chi connectivity index (χ0) is 15.6. The number of hydrogen-bond acceptors (Lipinski definition) is 3. The number of aliphatic hydroxyl groups is 1. The summed E-state index contributed by atoms with van der Waals surface area (Å²) in [6, 6.07) is 8.28. The van der Waals surface area contributed by atoms with Crippen molar-refractivity contribution in [2.24, 2.45) is 0 Å². The van der Waals surface area contributed by atoms with E-state index in [-0.39, 0.29) is 21.7 Å². The maximum Gasteiger partial charge on any atom is 0.263 e. The van der Waals surface area contributed by atoms with Crippen LogP contribution in [0.15, 0.2) is 50.2 Å². The minimum absolute atomic E-state index is 0.0425. The van der Waals surface area contributed by atoms with Crippen LogP contribution in [-0.4, -0.2) is 13.5 Å². The summed E-state index contributed by atoms with van der Waals surface area (Å²) in [4.78, 5) is -0.0425. The van der Waals surface area contributed by atoms with E-state index in [4.69, 9.17) is 5.11 Å². The molecule has 0 heterocycles. The van der Waals surface area contributed by atoms with E-state index in [0.29, 0.717) is 10.0 Å². The summed E-state index contributed by atoms with van der Waals surface area (Å²) in [7, 11) is -3.95. The van der Waals surface area contributed by atoms with Crippen molar-refractivity contribution in [2.45, 2.75) is 11.5 Å². The quantitative estimate of drug-likeness (QED) is 0.765. The summed E-state index contributed by atoms with van der Waals surface area (Å²) in [6.07, 6.45) is 0. The summed E-state index contributed by atoms with van der Waals surface area (Å²) in [5, 5.41) is 9.02. The standard InChI is InChI=1S/C13H10Br2FNO3S/c14-9-2-3-11(16)12(6-9)17-21(19,20)13-4-1-8(7-18)5-10(13)15/h1-6,17-18H,7H2. The molecule has 2 aromatic carbocycles. The minimum atomic E-state index is -3.95. The number of aliphatic hydroxyl groups excluding tert-OH is 1. The molecule has 2 rings (SSSR count). The molecule has 2 N–H and O–H groups in total. The van der Waals surface area contributed by atoms with Crippen molar-refractivity contribution in [2.75, 3.05) is 4.72 Å². The third kappa shape index (κ3) is 3.82. The molecule has 0 aliphatic heterocycles. The summed E-state index contributed by atoms with van der Waals surface area (Å²) in [5.74, 6) is -0.676. The molecule has 0 aliphatic carbocycles. The summed E-state index contributed by atoms with van der Waals surface area (Å²) >= 11 is 6.29. The maximum atomic E-state index is 13.6. The zero-order valence-corrected chi connectivity index (χ0v) is 14.5. The summed E-state index contributed by atoms with van der Waals surface area (Å²) in [5.41, 5.74) is 0.414. The van der Waals surface area contributed by atoms with Gasteiger partial charge in [0, 0.05) is 8.95 Å². The second-order valence-electron chi connectivity index (χ2n) is 4.15. The van der Waals surface area contributed by atoms with Crippen LogP contribution in [0.5, 0.6) is 0 Å². The van der Waals surface area contributed by atoms with Gasteiger partial charge in [-0.1, -0.05) is 22.0 Å². The van der Waals surface area contributed by atoms with Gasteiger partial charge in [0.2, 0.25) is 0 Å². The lowest BCUT2D eigenvalue weighted by Crippen LogP contribution is -2.14. The Hall–Kier alpha value is -0.960. The fourth-order valence-corrected chi connectivity index (χ4v) is 4.18.